The molecule has 0 aliphatic heterocycles. The van der Waals surface area contributed by atoms with Crippen LogP contribution in [0, 0.1) is 6.92 Å². The first-order valence-corrected chi connectivity index (χ1v) is 8.91. The number of aliphatic hydroxyl groups is 1. The van der Waals surface area contributed by atoms with Gasteiger partial charge in [-0.3, -0.25) is 0 Å². The van der Waals surface area contributed by atoms with Crippen LogP contribution in [0.3, 0.4) is 0 Å². The molecule has 7 heteroatoms. The van der Waals surface area contributed by atoms with Crippen LogP contribution < -0.4 is 0 Å². The third-order valence-electron chi connectivity index (χ3n) is 3.01. The summed E-state index contributed by atoms with van der Waals surface area (Å²) in [5.74, 6) is 0. The number of hydrogen-bond donors (Lipinski definition) is 1. The summed E-state index contributed by atoms with van der Waals surface area (Å²) < 4.78 is 32.4. The van der Waals surface area contributed by atoms with E-state index in [2.05, 4.69) is 15.9 Å². The van der Waals surface area contributed by atoms with Crippen LogP contribution in [0.4, 0.5) is 0 Å². The Balaban J connectivity index is 3.04. The summed E-state index contributed by atoms with van der Waals surface area (Å²) in [7, 11) is -2.11. The average molecular weight is 380 g/mol. The normalized spacial score (nSPS) is 12.4. The second-order valence-electron chi connectivity index (χ2n) is 5.13. The summed E-state index contributed by atoms with van der Waals surface area (Å²) in [6.07, 6.45) is 0.0628. The van der Waals surface area contributed by atoms with Crippen molar-refractivity contribution in [2.45, 2.75) is 38.4 Å². The zero-order chi connectivity index (χ0) is 16.2. The molecule has 0 fully saturated rings. The van der Waals surface area contributed by atoms with E-state index in [1.54, 1.807) is 13.0 Å². The summed E-state index contributed by atoms with van der Waals surface area (Å²) in [4.78, 5) is 0.165. The second kappa shape index (κ2) is 7.69. The van der Waals surface area contributed by atoms with Crippen molar-refractivity contribution >= 4 is 26.0 Å². The number of halogens is 1. The fraction of sp³-hybridized carbons (Fsp3) is 0.571. The van der Waals surface area contributed by atoms with Gasteiger partial charge in [-0.2, -0.15) is 4.31 Å². The van der Waals surface area contributed by atoms with Crippen molar-refractivity contribution in [3.63, 3.8) is 0 Å². The molecule has 0 heterocycles. The van der Waals surface area contributed by atoms with Gasteiger partial charge in [0.1, 0.15) is 0 Å². The molecule has 0 saturated heterocycles. The number of ether oxygens (including phenoxy) is 1. The highest BCUT2D eigenvalue weighted by molar-refractivity contribution is 9.10. The monoisotopic (exact) mass is 379 g/mol. The van der Waals surface area contributed by atoms with Crippen LogP contribution in [0.15, 0.2) is 21.5 Å². The van der Waals surface area contributed by atoms with Crippen LogP contribution in [0.2, 0.25) is 0 Å². The van der Waals surface area contributed by atoms with Crippen molar-refractivity contribution in [2.75, 3.05) is 20.2 Å². The van der Waals surface area contributed by atoms with Crippen LogP contribution in [0.1, 0.15) is 25.0 Å². The lowest BCUT2D eigenvalue weighted by atomic mass is 10.1. The molecule has 0 amide bonds. The van der Waals surface area contributed by atoms with Gasteiger partial charge in [0.15, 0.2) is 0 Å². The van der Waals surface area contributed by atoms with Gasteiger partial charge in [0.2, 0.25) is 10.0 Å². The Bertz CT molecular complexity index is 587. The lowest BCUT2D eigenvalue weighted by Gasteiger charge is -2.20. The smallest absolute Gasteiger partial charge is 0.244 e. The molecule has 0 radical (unpaired) electrons. The molecule has 0 aliphatic carbocycles. The Morgan fingerprint density at radius 1 is 1.38 bits per heavy atom. The van der Waals surface area contributed by atoms with Gasteiger partial charge in [-0.25, -0.2) is 8.42 Å². The largest absolute Gasteiger partial charge is 0.392 e. The highest BCUT2D eigenvalue weighted by atomic mass is 79.9. The highest BCUT2D eigenvalue weighted by Crippen LogP contribution is 2.29. The van der Waals surface area contributed by atoms with Gasteiger partial charge < -0.3 is 9.84 Å². The molecule has 120 valence electrons. The summed E-state index contributed by atoms with van der Waals surface area (Å²) in [6.45, 7) is 6.01. The Labute approximate surface area is 135 Å². The van der Waals surface area contributed by atoms with Crippen molar-refractivity contribution in [2.24, 2.45) is 0 Å². The molecule has 1 N–H and O–H groups in total. The maximum absolute atomic E-state index is 12.6. The van der Waals surface area contributed by atoms with Gasteiger partial charge in [-0.15, -0.1) is 0 Å². The molecule has 1 rings (SSSR count). The molecule has 5 nitrogen and oxygen atoms in total. The van der Waals surface area contributed by atoms with Crippen LogP contribution in [-0.2, 0) is 21.4 Å². The minimum atomic E-state index is -3.63. The summed E-state index contributed by atoms with van der Waals surface area (Å²) in [5.41, 5.74) is 1.34. The van der Waals surface area contributed by atoms with Crippen LogP contribution in [0.5, 0.6) is 0 Å². The second-order valence-corrected chi connectivity index (χ2v) is 7.94. The van der Waals surface area contributed by atoms with Gasteiger partial charge in [0.05, 0.1) is 24.2 Å². The minimum Gasteiger partial charge on any atom is -0.392 e. The van der Waals surface area contributed by atoms with E-state index < -0.39 is 10.0 Å². The number of rotatable bonds is 7. The molecule has 0 aromatic heterocycles. The number of hydrogen-bond acceptors (Lipinski definition) is 4. The average Bonchev–Trinajstić information content (AvgIpc) is 2.40. The predicted molar refractivity (Wildman–Crippen MR) is 85.7 cm³/mol. The molecule has 0 aliphatic rings. The topological polar surface area (TPSA) is 66.8 Å². The lowest BCUT2D eigenvalue weighted by molar-refractivity contribution is 0.0737. The van der Waals surface area contributed by atoms with E-state index in [4.69, 9.17) is 4.74 Å². The van der Waals surface area contributed by atoms with Crippen LogP contribution >= 0.6 is 15.9 Å². The third-order valence-corrected chi connectivity index (χ3v) is 6.21. The first-order chi connectivity index (χ1) is 9.70. The Kier molecular flexibility index (Phi) is 6.80. The van der Waals surface area contributed by atoms with Gasteiger partial charge in [0, 0.05) is 18.1 Å². The molecule has 0 saturated carbocycles. The Hall–Kier alpha value is -0.470. The van der Waals surface area contributed by atoms with E-state index in [0.29, 0.717) is 16.6 Å². The standard InChI is InChI=1S/C14H22BrNO4S/c1-10(2)20-6-5-16(4)21(18,19)13-8-12(9-17)7-11(3)14(13)15/h7-8,10,17H,5-6,9H2,1-4H3. The van der Waals surface area contributed by atoms with Crippen LogP contribution in [0.25, 0.3) is 0 Å². The van der Waals surface area contributed by atoms with Crippen molar-refractivity contribution in [1.82, 2.24) is 4.31 Å². The molecule has 0 atom stereocenters. The number of aryl methyl sites for hydroxylation is 1. The zero-order valence-corrected chi connectivity index (χ0v) is 15.2. The van der Waals surface area contributed by atoms with Crippen molar-refractivity contribution in [3.05, 3.63) is 27.7 Å². The molecule has 1 aromatic carbocycles. The van der Waals surface area contributed by atoms with E-state index in [1.165, 1.54) is 17.4 Å². The van der Waals surface area contributed by atoms with Crippen molar-refractivity contribution < 1.29 is 18.3 Å². The summed E-state index contributed by atoms with van der Waals surface area (Å²) >= 11 is 3.32. The summed E-state index contributed by atoms with van der Waals surface area (Å²) in [6, 6.07) is 3.25. The molecular weight excluding hydrogens is 358 g/mol. The molecule has 0 unspecified atom stereocenters. The maximum atomic E-state index is 12.6. The zero-order valence-electron chi connectivity index (χ0n) is 12.8. The fourth-order valence-corrected chi connectivity index (χ4v) is 3.97. The lowest BCUT2D eigenvalue weighted by Crippen LogP contribution is -2.31. The minimum absolute atomic E-state index is 0.0628. The quantitative estimate of drug-likeness (QED) is 0.788. The first-order valence-electron chi connectivity index (χ1n) is 6.68. The summed E-state index contributed by atoms with van der Waals surface area (Å²) in [5, 5.41) is 9.24. The SMILES string of the molecule is Cc1cc(CO)cc(S(=O)(=O)N(C)CCOC(C)C)c1Br. The first kappa shape index (κ1) is 18.6. The van der Waals surface area contributed by atoms with Crippen molar-refractivity contribution in [3.8, 4) is 0 Å². The number of likely N-dealkylation sites (N-methyl/N-ethyl adjacent to an activating group) is 1. The number of benzene rings is 1. The Morgan fingerprint density at radius 2 is 2.00 bits per heavy atom. The molecule has 21 heavy (non-hydrogen) atoms. The predicted octanol–water partition coefficient (Wildman–Crippen LogP) is 2.30. The number of aliphatic hydroxyl groups excluding tert-OH is 1. The number of nitrogens with zero attached hydrogens (tertiary/aromatic N) is 1. The molecular formula is C14H22BrNO4S. The van der Waals surface area contributed by atoms with E-state index in [0.717, 1.165) is 5.56 Å². The van der Waals surface area contributed by atoms with E-state index >= 15 is 0 Å². The number of sulfonamides is 1. The maximum Gasteiger partial charge on any atom is 0.244 e. The molecule has 0 bridgehead atoms. The van der Waals surface area contributed by atoms with Crippen molar-refractivity contribution in [1.29, 1.82) is 0 Å². The van der Waals surface area contributed by atoms with Gasteiger partial charge in [-0.1, -0.05) is 6.07 Å². The van der Waals surface area contributed by atoms with Gasteiger partial charge in [0.25, 0.3) is 0 Å². The van der Waals surface area contributed by atoms with Gasteiger partial charge >= 0.3 is 0 Å². The molecule has 1 aromatic rings. The van der Waals surface area contributed by atoms with E-state index in [9.17, 15) is 13.5 Å². The van der Waals surface area contributed by atoms with E-state index in [-0.39, 0.29) is 24.2 Å². The van der Waals surface area contributed by atoms with Crippen LogP contribution in [-0.4, -0.2) is 44.1 Å². The third kappa shape index (κ3) is 4.75. The molecule has 0 spiro atoms. The van der Waals surface area contributed by atoms with Gasteiger partial charge in [-0.05, 0) is 53.9 Å². The highest BCUT2D eigenvalue weighted by Gasteiger charge is 2.24. The van der Waals surface area contributed by atoms with E-state index in [1.807, 2.05) is 13.8 Å². The Morgan fingerprint density at radius 3 is 2.52 bits per heavy atom. The fourth-order valence-electron chi connectivity index (χ4n) is 1.79.